The molecule has 4 nitrogen and oxygen atoms in total. The van der Waals surface area contributed by atoms with E-state index < -0.39 is 0 Å². The molecule has 2 aromatic carbocycles. The normalized spacial score (nSPS) is 19.0. The SMILES string of the molecule is Cc1ccc(C)c(OCCCCC(=O)N2C[C@@H](CN)[C@H](c3ccccc3)C2)c1. The molecule has 3 rings (SSSR count). The summed E-state index contributed by atoms with van der Waals surface area (Å²) in [5, 5.41) is 0. The number of benzene rings is 2. The largest absolute Gasteiger partial charge is 0.493 e. The summed E-state index contributed by atoms with van der Waals surface area (Å²) >= 11 is 0. The quantitative estimate of drug-likeness (QED) is 0.703. The van der Waals surface area contributed by atoms with Crippen LogP contribution in [0.15, 0.2) is 48.5 Å². The molecule has 1 fully saturated rings. The maximum absolute atomic E-state index is 12.7. The number of nitrogens with zero attached hydrogens (tertiary/aromatic N) is 1. The Labute approximate surface area is 168 Å². The molecule has 0 unspecified atom stereocenters. The first-order chi connectivity index (χ1) is 13.6. The van der Waals surface area contributed by atoms with E-state index in [9.17, 15) is 4.79 Å². The first kappa shape index (κ1) is 20.4. The van der Waals surface area contributed by atoms with Gasteiger partial charge in [0.05, 0.1) is 6.61 Å². The molecule has 1 heterocycles. The number of amides is 1. The van der Waals surface area contributed by atoms with Gasteiger partial charge in [-0.25, -0.2) is 0 Å². The van der Waals surface area contributed by atoms with Crippen LogP contribution >= 0.6 is 0 Å². The predicted molar refractivity (Wildman–Crippen MR) is 114 cm³/mol. The zero-order valence-electron chi connectivity index (χ0n) is 17.1. The molecular weight excluding hydrogens is 348 g/mol. The van der Waals surface area contributed by atoms with Gasteiger partial charge in [0.15, 0.2) is 0 Å². The van der Waals surface area contributed by atoms with Gasteiger partial charge in [0, 0.05) is 25.4 Å². The van der Waals surface area contributed by atoms with Crippen LogP contribution in [-0.4, -0.2) is 37.0 Å². The van der Waals surface area contributed by atoms with E-state index in [1.54, 1.807) is 0 Å². The molecule has 2 aromatic rings. The van der Waals surface area contributed by atoms with Crippen molar-refractivity contribution in [3.63, 3.8) is 0 Å². The second-order valence-corrected chi connectivity index (χ2v) is 7.89. The van der Waals surface area contributed by atoms with E-state index in [1.807, 2.05) is 11.0 Å². The minimum absolute atomic E-state index is 0.239. The molecule has 2 atom stereocenters. The van der Waals surface area contributed by atoms with Gasteiger partial charge in [-0.2, -0.15) is 0 Å². The van der Waals surface area contributed by atoms with Gasteiger partial charge < -0.3 is 15.4 Å². The van der Waals surface area contributed by atoms with E-state index in [-0.39, 0.29) is 5.91 Å². The molecule has 28 heavy (non-hydrogen) atoms. The average molecular weight is 381 g/mol. The molecule has 4 heteroatoms. The second-order valence-electron chi connectivity index (χ2n) is 7.89. The monoisotopic (exact) mass is 380 g/mol. The fourth-order valence-corrected chi connectivity index (χ4v) is 3.97. The Morgan fingerprint density at radius 1 is 1.11 bits per heavy atom. The van der Waals surface area contributed by atoms with Crippen LogP contribution in [0.5, 0.6) is 5.75 Å². The lowest BCUT2D eigenvalue weighted by atomic mass is 9.89. The van der Waals surface area contributed by atoms with Gasteiger partial charge in [-0.15, -0.1) is 0 Å². The van der Waals surface area contributed by atoms with Crippen molar-refractivity contribution in [3.8, 4) is 5.75 Å². The number of hydrogen-bond donors (Lipinski definition) is 1. The Morgan fingerprint density at radius 3 is 2.64 bits per heavy atom. The number of likely N-dealkylation sites (tertiary alicyclic amines) is 1. The smallest absolute Gasteiger partial charge is 0.222 e. The highest BCUT2D eigenvalue weighted by atomic mass is 16.5. The number of unbranched alkanes of at least 4 members (excludes halogenated alkanes) is 1. The minimum atomic E-state index is 0.239. The van der Waals surface area contributed by atoms with Gasteiger partial charge in [-0.05, 0) is 61.9 Å². The number of rotatable bonds is 8. The number of ether oxygens (including phenoxy) is 1. The van der Waals surface area contributed by atoms with Crippen molar-refractivity contribution >= 4 is 5.91 Å². The zero-order valence-corrected chi connectivity index (χ0v) is 17.1. The number of carbonyl (C=O) groups is 1. The van der Waals surface area contributed by atoms with Crippen LogP contribution in [0.1, 0.15) is 41.9 Å². The lowest BCUT2D eigenvalue weighted by molar-refractivity contribution is -0.130. The molecule has 0 aliphatic carbocycles. The summed E-state index contributed by atoms with van der Waals surface area (Å²) in [4.78, 5) is 14.7. The molecule has 1 amide bonds. The fourth-order valence-electron chi connectivity index (χ4n) is 3.97. The van der Waals surface area contributed by atoms with E-state index in [4.69, 9.17) is 10.5 Å². The molecule has 0 spiro atoms. The number of carbonyl (C=O) groups excluding carboxylic acids is 1. The lowest BCUT2D eigenvalue weighted by Gasteiger charge is -2.17. The van der Waals surface area contributed by atoms with Crippen molar-refractivity contribution < 1.29 is 9.53 Å². The summed E-state index contributed by atoms with van der Waals surface area (Å²) < 4.78 is 5.89. The van der Waals surface area contributed by atoms with Gasteiger partial charge >= 0.3 is 0 Å². The summed E-state index contributed by atoms with van der Waals surface area (Å²) in [5.74, 6) is 1.88. The Bertz CT molecular complexity index is 775. The van der Waals surface area contributed by atoms with Crippen LogP contribution in [0.2, 0.25) is 0 Å². The molecule has 1 aliphatic heterocycles. The summed E-state index contributed by atoms with van der Waals surface area (Å²) in [5.41, 5.74) is 9.63. The predicted octanol–water partition coefficient (Wildman–Crippen LogP) is 4.05. The highest BCUT2D eigenvalue weighted by Crippen LogP contribution is 2.32. The first-order valence-electron chi connectivity index (χ1n) is 10.3. The number of nitrogens with two attached hydrogens (primary N) is 1. The van der Waals surface area contributed by atoms with Crippen molar-refractivity contribution in [2.45, 2.75) is 39.0 Å². The van der Waals surface area contributed by atoms with Crippen molar-refractivity contribution in [3.05, 3.63) is 65.2 Å². The van der Waals surface area contributed by atoms with E-state index in [2.05, 4.69) is 56.3 Å². The maximum Gasteiger partial charge on any atom is 0.222 e. The van der Waals surface area contributed by atoms with Crippen molar-refractivity contribution in [2.75, 3.05) is 26.2 Å². The minimum Gasteiger partial charge on any atom is -0.493 e. The van der Waals surface area contributed by atoms with Gasteiger partial charge in [0.25, 0.3) is 0 Å². The molecule has 1 aliphatic rings. The highest BCUT2D eigenvalue weighted by molar-refractivity contribution is 5.76. The second kappa shape index (κ2) is 9.74. The molecule has 0 saturated carbocycles. The molecule has 0 aromatic heterocycles. The molecule has 2 N–H and O–H groups in total. The van der Waals surface area contributed by atoms with Gasteiger partial charge in [-0.3, -0.25) is 4.79 Å². The Morgan fingerprint density at radius 2 is 1.89 bits per heavy atom. The number of hydrogen-bond acceptors (Lipinski definition) is 3. The third-order valence-corrected chi connectivity index (χ3v) is 5.71. The first-order valence-corrected chi connectivity index (χ1v) is 10.3. The van der Waals surface area contributed by atoms with Gasteiger partial charge in [0.1, 0.15) is 5.75 Å². The van der Waals surface area contributed by atoms with E-state index in [1.165, 1.54) is 11.1 Å². The van der Waals surface area contributed by atoms with Crippen molar-refractivity contribution in [2.24, 2.45) is 11.7 Å². The Kier molecular flexibility index (Phi) is 7.10. The van der Waals surface area contributed by atoms with E-state index in [0.717, 1.165) is 37.2 Å². The maximum atomic E-state index is 12.7. The van der Waals surface area contributed by atoms with Crippen LogP contribution in [0, 0.1) is 19.8 Å². The number of aryl methyl sites for hydroxylation is 2. The fraction of sp³-hybridized carbons (Fsp3) is 0.458. The zero-order chi connectivity index (χ0) is 19.9. The molecule has 1 saturated heterocycles. The van der Waals surface area contributed by atoms with Crippen molar-refractivity contribution in [1.29, 1.82) is 0 Å². The summed E-state index contributed by atoms with van der Waals surface area (Å²) in [6, 6.07) is 16.7. The lowest BCUT2D eigenvalue weighted by Crippen LogP contribution is -2.29. The third kappa shape index (κ3) is 5.14. The van der Waals surface area contributed by atoms with E-state index in [0.29, 0.717) is 31.4 Å². The van der Waals surface area contributed by atoms with Crippen LogP contribution in [-0.2, 0) is 4.79 Å². The Hall–Kier alpha value is -2.33. The molecule has 150 valence electrons. The molecule has 0 bridgehead atoms. The van der Waals surface area contributed by atoms with Crippen LogP contribution in [0.25, 0.3) is 0 Å². The van der Waals surface area contributed by atoms with Crippen LogP contribution < -0.4 is 10.5 Å². The van der Waals surface area contributed by atoms with Gasteiger partial charge in [-0.1, -0.05) is 42.5 Å². The average Bonchev–Trinajstić information content (AvgIpc) is 3.15. The summed E-state index contributed by atoms with van der Waals surface area (Å²) in [6.07, 6.45) is 2.31. The third-order valence-electron chi connectivity index (χ3n) is 5.71. The van der Waals surface area contributed by atoms with Crippen molar-refractivity contribution in [1.82, 2.24) is 4.90 Å². The summed E-state index contributed by atoms with van der Waals surface area (Å²) in [6.45, 7) is 6.95. The highest BCUT2D eigenvalue weighted by Gasteiger charge is 2.34. The summed E-state index contributed by atoms with van der Waals surface area (Å²) in [7, 11) is 0. The molecular formula is C24H32N2O2. The van der Waals surface area contributed by atoms with Crippen LogP contribution in [0.3, 0.4) is 0 Å². The Balaban J connectivity index is 1.43. The van der Waals surface area contributed by atoms with Gasteiger partial charge in [0.2, 0.25) is 5.91 Å². The van der Waals surface area contributed by atoms with Crippen LogP contribution in [0.4, 0.5) is 0 Å². The standard InChI is InChI=1S/C24H32N2O2/c1-18-11-12-19(2)23(14-18)28-13-7-6-10-24(27)26-16-21(15-25)22(17-26)20-8-4-3-5-9-20/h3-5,8-9,11-12,14,21-22H,6-7,10,13,15-17,25H2,1-2H3/t21-,22+/m1/s1. The topological polar surface area (TPSA) is 55.6 Å². The van der Waals surface area contributed by atoms with E-state index >= 15 is 0 Å². The molecule has 0 radical (unpaired) electrons.